The normalized spacial score (nSPS) is 18.6. The summed E-state index contributed by atoms with van der Waals surface area (Å²) in [4.78, 5) is 0. The molecule has 104 valence electrons. The molecule has 0 radical (unpaired) electrons. The number of ether oxygens (including phenoxy) is 1. The van der Waals surface area contributed by atoms with Crippen molar-refractivity contribution in [3.63, 3.8) is 0 Å². The molecule has 0 heterocycles. The molecule has 2 aromatic carbocycles. The number of benzene rings is 2. The van der Waals surface area contributed by atoms with Crippen LogP contribution >= 0.6 is 11.6 Å². The Morgan fingerprint density at radius 2 is 2.05 bits per heavy atom. The lowest BCUT2D eigenvalue weighted by Gasteiger charge is -2.21. The molecule has 2 aromatic rings. The van der Waals surface area contributed by atoms with Gasteiger partial charge < -0.3 is 10.5 Å². The predicted octanol–water partition coefficient (Wildman–Crippen LogP) is 4.08. The van der Waals surface area contributed by atoms with Gasteiger partial charge in [-0.05, 0) is 41.7 Å². The molecule has 0 aromatic heterocycles. The van der Waals surface area contributed by atoms with E-state index in [0.29, 0.717) is 16.7 Å². The summed E-state index contributed by atoms with van der Waals surface area (Å²) in [5.41, 5.74) is 10.4. The van der Waals surface area contributed by atoms with E-state index in [4.69, 9.17) is 22.1 Å². The molecule has 0 bridgehead atoms. The van der Waals surface area contributed by atoms with Gasteiger partial charge in [0.1, 0.15) is 5.75 Å². The van der Waals surface area contributed by atoms with E-state index in [1.165, 1.54) is 11.1 Å². The first-order valence-corrected chi connectivity index (χ1v) is 7.25. The highest BCUT2D eigenvalue weighted by atomic mass is 35.5. The van der Waals surface area contributed by atoms with Gasteiger partial charge in [0.15, 0.2) is 0 Å². The van der Waals surface area contributed by atoms with Crippen molar-refractivity contribution in [2.24, 2.45) is 5.73 Å². The van der Waals surface area contributed by atoms with Crippen molar-refractivity contribution < 1.29 is 4.74 Å². The summed E-state index contributed by atoms with van der Waals surface area (Å²) in [6.07, 6.45) is 2.21. The van der Waals surface area contributed by atoms with Crippen LogP contribution in [0.1, 0.15) is 35.1 Å². The number of aryl methyl sites for hydroxylation is 1. The van der Waals surface area contributed by atoms with Crippen LogP contribution in [0.3, 0.4) is 0 Å². The standard InChI is InChI=1S/C17H18ClNO/c1-20-16-10-12(7-9-15(16)18)17(19)14-8-6-11-4-2-3-5-13(11)14/h2-5,7,9-10,14,17H,6,8,19H2,1H3. The second-order valence-electron chi connectivity index (χ2n) is 5.26. The van der Waals surface area contributed by atoms with Gasteiger partial charge in [0.25, 0.3) is 0 Å². The van der Waals surface area contributed by atoms with E-state index in [1.54, 1.807) is 7.11 Å². The zero-order valence-corrected chi connectivity index (χ0v) is 12.2. The third-order valence-corrected chi connectivity index (χ3v) is 4.49. The molecule has 3 heteroatoms. The van der Waals surface area contributed by atoms with Gasteiger partial charge in [0.2, 0.25) is 0 Å². The second kappa shape index (κ2) is 5.47. The van der Waals surface area contributed by atoms with Crippen LogP contribution < -0.4 is 10.5 Å². The van der Waals surface area contributed by atoms with Crippen LogP contribution in [0.25, 0.3) is 0 Å². The molecule has 0 aliphatic heterocycles. The van der Waals surface area contributed by atoms with E-state index in [2.05, 4.69) is 24.3 Å². The van der Waals surface area contributed by atoms with Crippen LogP contribution in [0.15, 0.2) is 42.5 Å². The first-order valence-electron chi connectivity index (χ1n) is 6.87. The van der Waals surface area contributed by atoms with Crippen molar-refractivity contribution in [1.29, 1.82) is 0 Å². The minimum Gasteiger partial charge on any atom is -0.495 e. The minimum atomic E-state index is -0.0233. The Morgan fingerprint density at radius 3 is 2.85 bits per heavy atom. The molecular weight excluding hydrogens is 270 g/mol. The molecule has 0 saturated carbocycles. The van der Waals surface area contributed by atoms with Gasteiger partial charge in [-0.2, -0.15) is 0 Å². The molecule has 20 heavy (non-hydrogen) atoms. The Bertz CT molecular complexity index is 626. The zero-order chi connectivity index (χ0) is 14.1. The summed E-state index contributed by atoms with van der Waals surface area (Å²) < 4.78 is 5.28. The lowest BCUT2D eigenvalue weighted by atomic mass is 9.89. The fraction of sp³-hybridized carbons (Fsp3) is 0.294. The highest BCUT2D eigenvalue weighted by Crippen LogP contribution is 2.41. The van der Waals surface area contributed by atoms with Gasteiger partial charge in [-0.3, -0.25) is 0 Å². The van der Waals surface area contributed by atoms with Crippen molar-refractivity contribution in [2.45, 2.75) is 24.8 Å². The predicted molar refractivity (Wildman–Crippen MR) is 82.4 cm³/mol. The summed E-state index contributed by atoms with van der Waals surface area (Å²) in [5, 5.41) is 0.621. The number of nitrogens with two attached hydrogens (primary N) is 1. The number of rotatable bonds is 3. The summed E-state index contributed by atoms with van der Waals surface area (Å²) in [6, 6.07) is 14.4. The van der Waals surface area contributed by atoms with E-state index >= 15 is 0 Å². The molecule has 0 saturated heterocycles. The second-order valence-corrected chi connectivity index (χ2v) is 5.67. The minimum absolute atomic E-state index is 0.0233. The molecule has 3 rings (SSSR count). The molecule has 0 spiro atoms. The highest BCUT2D eigenvalue weighted by molar-refractivity contribution is 6.32. The van der Waals surface area contributed by atoms with Gasteiger partial charge in [-0.1, -0.05) is 41.9 Å². The van der Waals surface area contributed by atoms with Gasteiger partial charge in [-0.15, -0.1) is 0 Å². The Morgan fingerprint density at radius 1 is 1.25 bits per heavy atom. The van der Waals surface area contributed by atoms with E-state index < -0.39 is 0 Å². The van der Waals surface area contributed by atoms with Gasteiger partial charge >= 0.3 is 0 Å². The average molecular weight is 288 g/mol. The Hall–Kier alpha value is -1.51. The van der Waals surface area contributed by atoms with Crippen LogP contribution in [0.5, 0.6) is 5.75 Å². The Labute approximate surface area is 124 Å². The third-order valence-electron chi connectivity index (χ3n) is 4.17. The monoisotopic (exact) mass is 287 g/mol. The summed E-state index contributed by atoms with van der Waals surface area (Å²) >= 11 is 6.08. The van der Waals surface area contributed by atoms with E-state index in [0.717, 1.165) is 18.4 Å². The van der Waals surface area contributed by atoms with E-state index in [9.17, 15) is 0 Å². The van der Waals surface area contributed by atoms with Gasteiger partial charge in [0, 0.05) is 12.0 Å². The lowest BCUT2D eigenvalue weighted by molar-refractivity contribution is 0.413. The molecule has 1 aliphatic carbocycles. The molecular formula is C17H18ClNO. The molecule has 2 nitrogen and oxygen atoms in total. The average Bonchev–Trinajstić information content (AvgIpc) is 2.91. The number of hydrogen-bond donors (Lipinski definition) is 1. The topological polar surface area (TPSA) is 35.2 Å². The van der Waals surface area contributed by atoms with Crippen LogP contribution in [-0.4, -0.2) is 7.11 Å². The molecule has 2 N–H and O–H groups in total. The zero-order valence-electron chi connectivity index (χ0n) is 11.5. The maximum absolute atomic E-state index is 6.49. The van der Waals surface area contributed by atoms with Crippen molar-refractivity contribution >= 4 is 11.6 Å². The van der Waals surface area contributed by atoms with Crippen molar-refractivity contribution in [1.82, 2.24) is 0 Å². The van der Waals surface area contributed by atoms with Crippen molar-refractivity contribution in [3.05, 3.63) is 64.2 Å². The maximum atomic E-state index is 6.49. The third kappa shape index (κ3) is 2.30. The highest BCUT2D eigenvalue weighted by Gasteiger charge is 2.28. The lowest BCUT2D eigenvalue weighted by Crippen LogP contribution is -2.18. The molecule has 0 amide bonds. The Kier molecular flexibility index (Phi) is 3.68. The van der Waals surface area contributed by atoms with Gasteiger partial charge in [0.05, 0.1) is 12.1 Å². The van der Waals surface area contributed by atoms with E-state index in [1.807, 2.05) is 18.2 Å². The smallest absolute Gasteiger partial charge is 0.137 e. The number of halogens is 1. The molecule has 1 aliphatic rings. The quantitative estimate of drug-likeness (QED) is 0.923. The maximum Gasteiger partial charge on any atom is 0.137 e. The Balaban J connectivity index is 1.92. The fourth-order valence-corrected chi connectivity index (χ4v) is 3.27. The fourth-order valence-electron chi connectivity index (χ4n) is 3.08. The first kappa shape index (κ1) is 13.5. The van der Waals surface area contributed by atoms with Crippen LogP contribution in [0.2, 0.25) is 5.02 Å². The number of methoxy groups -OCH3 is 1. The first-order chi connectivity index (χ1) is 9.70. The summed E-state index contributed by atoms with van der Waals surface area (Å²) in [7, 11) is 1.63. The number of hydrogen-bond acceptors (Lipinski definition) is 2. The van der Waals surface area contributed by atoms with Crippen LogP contribution in [0.4, 0.5) is 0 Å². The SMILES string of the molecule is COc1cc(C(N)C2CCc3ccccc32)ccc1Cl. The molecule has 0 fully saturated rings. The molecule has 2 atom stereocenters. The van der Waals surface area contributed by atoms with Crippen LogP contribution in [0, 0.1) is 0 Å². The number of fused-ring (bicyclic) bond motifs is 1. The van der Waals surface area contributed by atoms with Crippen molar-refractivity contribution in [3.8, 4) is 5.75 Å². The largest absolute Gasteiger partial charge is 0.495 e. The summed E-state index contributed by atoms with van der Waals surface area (Å²) in [6.45, 7) is 0. The van der Waals surface area contributed by atoms with Crippen LogP contribution in [-0.2, 0) is 6.42 Å². The molecule has 2 unspecified atom stereocenters. The van der Waals surface area contributed by atoms with Gasteiger partial charge in [-0.25, -0.2) is 0 Å². The van der Waals surface area contributed by atoms with Crippen molar-refractivity contribution in [2.75, 3.05) is 7.11 Å². The summed E-state index contributed by atoms with van der Waals surface area (Å²) in [5.74, 6) is 1.06. The van der Waals surface area contributed by atoms with E-state index in [-0.39, 0.29) is 6.04 Å².